The maximum absolute atomic E-state index is 12.7. The van der Waals surface area contributed by atoms with Gasteiger partial charge in [-0.25, -0.2) is 4.98 Å². The van der Waals surface area contributed by atoms with E-state index < -0.39 is 11.7 Å². The van der Waals surface area contributed by atoms with Crippen molar-refractivity contribution in [1.29, 1.82) is 0 Å². The van der Waals surface area contributed by atoms with Crippen molar-refractivity contribution in [2.45, 2.75) is 23.5 Å². The van der Waals surface area contributed by atoms with Gasteiger partial charge in [0.05, 0.1) is 5.56 Å². The quantitative estimate of drug-likeness (QED) is 0.185. The number of hydrogen-bond donors (Lipinski definition) is 2. The molecule has 0 spiro atoms. The summed E-state index contributed by atoms with van der Waals surface area (Å²) >= 11 is 3.32. The van der Waals surface area contributed by atoms with Crippen LogP contribution in [0.15, 0.2) is 45.2 Å². The first-order valence-electron chi connectivity index (χ1n) is 7.62. The lowest BCUT2D eigenvalue weighted by atomic mass is 10.1. The van der Waals surface area contributed by atoms with E-state index in [4.69, 9.17) is 0 Å². The minimum Gasteiger partial charge on any atom is -0.356 e. The highest BCUT2D eigenvalue weighted by Gasteiger charge is 2.30. The molecule has 144 valence electrons. The largest absolute Gasteiger partial charge is 0.416 e. The van der Waals surface area contributed by atoms with Crippen LogP contribution < -0.4 is 10.6 Å². The summed E-state index contributed by atoms with van der Waals surface area (Å²) < 4.78 is 39.2. The van der Waals surface area contributed by atoms with Crippen molar-refractivity contribution >= 4 is 53.0 Å². The maximum Gasteiger partial charge on any atom is 0.416 e. The number of thiazole rings is 1. The molecule has 2 aromatic rings. The number of aromatic nitrogens is 1. The molecule has 1 aromatic heterocycles. The van der Waals surface area contributed by atoms with Gasteiger partial charge in [0, 0.05) is 37.5 Å². The van der Waals surface area contributed by atoms with Crippen molar-refractivity contribution in [3.05, 3.63) is 47.0 Å². The van der Waals surface area contributed by atoms with Gasteiger partial charge in [0.25, 0.3) is 0 Å². The van der Waals surface area contributed by atoms with Gasteiger partial charge in [0.15, 0.2) is 5.96 Å². The number of halogens is 4. The van der Waals surface area contributed by atoms with Gasteiger partial charge in [-0.2, -0.15) is 13.2 Å². The van der Waals surface area contributed by atoms with Crippen LogP contribution in [0.4, 0.5) is 13.2 Å². The summed E-state index contributed by atoms with van der Waals surface area (Å²) in [7, 11) is 1.63. The summed E-state index contributed by atoms with van der Waals surface area (Å²) in [5.74, 6) is 1.50. The molecule has 26 heavy (non-hydrogen) atoms. The Hall–Kier alpha value is -1.01. The van der Waals surface area contributed by atoms with Crippen LogP contribution in [0.5, 0.6) is 0 Å². The van der Waals surface area contributed by atoms with E-state index in [1.807, 2.05) is 5.38 Å². The summed E-state index contributed by atoms with van der Waals surface area (Å²) in [4.78, 5) is 8.27. The number of benzene rings is 1. The fourth-order valence-corrected chi connectivity index (χ4v) is 3.63. The highest BCUT2D eigenvalue weighted by atomic mass is 127. The molecule has 1 heterocycles. The zero-order valence-electron chi connectivity index (χ0n) is 14.0. The van der Waals surface area contributed by atoms with E-state index in [1.165, 1.54) is 6.07 Å². The molecule has 2 rings (SSSR count). The van der Waals surface area contributed by atoms with Gasteiger partial charge in [0.1, 0.15) is 4.34 Å². The molecule has 0 atom stereocenters. The molecule has 0 aliphatic carbocycles. The third-order valence-electron chi connectivity index (χ3n) is 3.19. The van der Waals surface area contributed by atoms with E-state index in [0.717, 1.165) is 35.2 Å². The first-order valence-corrected chi connectivity index (χ1v) is 9.48. The lowest BCUT2D eigenvalue weighted by Crippen LogP contribution is -2.37. The molecule has 0 fully saturated rings. The first-order chi connectivity index (χ1) is 12.0. The molecule has 1 aromatic carbocycles. The van der Waals surface area contributed by atoms with Crippen molar-refractivity contribution in [2.75, 3.05) is 19.3 Å². The lowest BCUT2D eigenvalue weighted by molar-refractivity contribution is -0.137. The molecule has 2 N–H and O–H groups in total. The Morgan fingerprint density at radius 1 is 1.31 bits per heavy atom. The standard InChI is InChI=1S/C16H19F3N4S2.HI/c1-20-14(21-6-3-8-24-15-22-7-9-25-15)23-11-12-4-2-5-13(10-12)16(17,18)19;/h2,4-5,7,9-10H,3,6,8,11H2,1H3,(H2,20,21,23);1H. The number of nitrogens with zero attached hydrogens (tertiary/aromatic N) is 2. The van der Waals surface area contributed by atoms with Crippen LogP contribution in [0.1, 0.15) is 17.5 Å². The van der Waals surface area contributed by atoms with Gasteiger partial charge < -0.3 is 10.6 Å². The predicted octanol–water partition coefficient (Wildman–Crippen LogP) is 4.63. The molecule has 0 saturated heterocycles. The van der Waals surface area contributed by atoms with Crippen LogP contribution in [0, 0.1) is 0 Å². The van der Waals surface area contributed by atoms with Crippen LogP contribution >= 0.6 is 47.1 Å². The summed E-state index contributed by atoms with van der Waals surface area (Å²) in [6, 6.07) is 5.27. The third-order valence-corrected chi connectivity index (χ3v) is 5.24. The normalized spacial score (nSPS) is 11.8. The van der Waals surface area contributed by atoms with Crippen molar-refractivity contribution < 1.29 is 13.2 Å². The van der Waals surface area contributed by atoms with Gasteiger partial charge in [-0.1, -0.05) is 23.9 Å². The van der Waals surface area contributed by atoms with E-state index >= 15 is 0 Å². The Balaban J connectivity index is 0.00000338. The van der Waals surface area contributed by atoms with Crippen LogP contribution in [-0.4, -0.2) is 30.3 Å². The van der Waals surface area contributed by atoms with Crippen molar-refractivity contribution in [3.63, 3.8) is 0 Å². The minimum atomic E-state index is -4.33. The Labute approximate surface area is 176 Å². The number of alkyl halides is 3. The van der Waals surface area contributed by atoms with E-state index in [9.17, 15) is 13.2 Å². The molecular formula is C16H20F3IN4S2. The summed E-state index contributed by atoms with van der Waals surface area (Å²) in [5, 5.41) is 8.12. The van der Waals surface area contributed by atoms with Gasteiger partial charge in [-0.05, 0) is 24.1 Å². The van der Waals surface area contributed by atoms with Crippen LogP contribution in [0.2, 0.25) is 0 Å². The zero-order chi connectivity index (χ0) is 18.1. The molecule has 4 nitrogen and oxygen atoms in total. The van der Waals surface area contributed by atoms with Gasteiger partial charge in [-0.15, -0.1) is 35.3 Å². The Kier molecular flexibility index (Phi) is 10.3. The summed E-state index contributed by atoms with van der Waals surface area (Å²) in [6.45, 7) is 0.998. The van der Waals surface area contributed by atoms with Gasteiger partial charge in [0.2, 0.25) is 0 Å². The van der Waals surface area contributed by atoms with E-state index in [0.29, 0.717) is 11.5 Å². The molecule has 0 bridgehead atoms. The smallest absolute Gasteiger partial charge is 0.356 e. The molecule has 10 heteroatoms. The number of nitrogens with one attached hydrogen (secondary N) is 2. The summed E-state index contributed by atoms with van der Waals surface area (Å²) in [5.41, 5.74) is -0.0916. The van der Waals surface area contributed by atoms with E-state index in [2.05, 4.69) is 20.6 Å². The van der Waals surface area contributed by atoms with Crippen molar-refractivity contribution in [2.24, 2.45) is 4.99 Å². The highest BCUT2D eigenvalue weighted by molar-refractivity contribution is 14.0. The molecular weight excluding hydrogens is 496 g/mol. The first kappa shape index (κ1) is 23.0. The van der Waals surface area contributed by atoms with E-state index in [1.54, 1.807) is 42.4 Å². The molecule has 0 unspecified atom stereocenters. The van der Waals surface area contributed by atoms with Crippen molar-refractivity contribution in [3.8, 4) is 0 Å². The SMILES string of the molecule is CN=C(NCCCSc1nccs1)NCc1cccc(C(F)(F)F)c1.I. The topological polar surface area (TPSA) is 49.3 Å². The zero-order valence-corrected chi connectivity index (χ0v) is 18.0. The van der Waals surface area contributed by atoms with E-state index in [-0.39, 0.29) is 30.5 Å². The molecule has 0 amide bonds. The molecule has 0 radical (unpaired) electrons. The van der Waals surface area contributed by atoms with Gasteiger partial charge >= 0.3 is 6.18 Å². The number of thioether (sulfide) groups is 1. The second kappa shape index (κ2) is 11.7. The third kappa shape index (κ3) is 8.12. The monoisotopic (exact) mass is 516 g/mol. The molecule has 0 saturated carbocycles. The van der Waals surface area contributed by atoms with Crippen LogP contribution in [0.25, 0.3) is 0 Å². The number of guanidine groups is 1. The van der Waals surface area contributed by atoms with Crippen LogP contribution in [-0.2, 0) is 12.7 Å². The molecule has 0 aliphatic rings. The summed E-state index contributed by atoms with van der Waals surface area (Å²) in [6.07, 6.45) is -1.62. The van der Waals surface area contributed by atoms with Crippen molar-refractivity contribution in [1.82, 2.24) is 15.6 Å². The number of rotatable bonds is 7. The number of hydrogen-bond acceptors (Lipinski definition) is 4. The lowest BCUT2D eigenvalue weighted by Gasteiger charge is -2.13. The maximum atomic E-state index is 12.7. The Bertz CT molecular complexity index is 678. The fourth-order valence-electron chi connectivity index (χ4n) is 1.98. The number of aliphatic imine (C=N–C) groups is 1. The van der Waals surface area contributed by atoms with Crippen LogP contribution in [0.3, 0.4) is 0 Å². The predicted molar refractivity (Wildman–Crippen MR) is 113 cm³/mol. The second-order valence-electron chi connectivity index (χ2n) is 5.05. The average molecular weight is 516 g/mol. The average Bonchev–Trinajstić information content (AvgIpc) is 3.10. The highest BCUT2D eigenvalue weighted by Crippen LogP contribution is 2.29. The minimum absolute atomic E-state index is 0. The second-order valence-corrected chi connectivity index (χ2v) is 7.29. The Morgan fingerprint density at radius 2 is 2.12 bits per heavy atom. The molecule has 0 aliphatic heterocycles. The fraction of sp³-hybridized carbons (Fsp3) is 0.375. The van der Waals surface area contributed by atoms with Gasteiger partial charge in [-0.3, -0.25) is 4.99 Å². The Morgan fingerprint density at radius 3 is 2.77 bits per heavy atom.